The summed E-state index contributed by atoms with van der Waals surface area (Å²) in [5.74, 6) is 0.432. The van der Waals surface area contributed by atoms with Gasteiger partial charge in [0, 0.05) is 5.02 Å². The van der Waals surface area contributed by atoms with Gasteiger partial charge in [-0.2, -0.15) is 0 Å². The zero-order valence-electron chi connectivity index (χ0n) is 16.1. The maximum Gasteiger partial charge on any atom is 0.261 e. The van der Waals surface area contributed by atoms with Gasteiger partial charge in [0.25, 0.3) is 5.91 Å². The monoisotopic (exact) mass is 393 g/mol. The molecule has 3 nitrogen and oxygen atoms in total. The normalized spacial score (nSPS) is 12.8. The fourth-order valence-corrected chi connectivity index (χ4v) is 3.34. The molecule has 3 rings (SSSR count). The fraction of sp³-hybridized carbons (Fsp3) is 0.208. The summed E-state index contributed by atoms with van der Waals surface area (Å²) in [5.41, 5.74) is 3.22. The maximum absolute atomic E-state index is 13.1. The molecule has 28 heavy (non-hydrogen) atoms. The minimum absolute atomic E-state index is 0.153. The van der Waals surface area contributed by atoms with Gasteiger partial charge >= 0.3 is 0 Å². The van der Waals surface area contributed by atoms with Gasteiger partial charge in [0.2, 0.25) is 0 Å². The van der Waals surface area contributed by atoms with Crippen LogP contribution >= 0.6 is 11.6 Å². The first-order valence-corrected chi connectivity index (χ1v) is 9.79. The van der Waals surface area contributed by atoms with Crippen molar-refractivity contribution in [1.29, 1.82) is 0 Å². The molecule has 0 heterocycles. The van der Waals surface area contributed by atoms with Gasteiger partial charge in [-0.25, -0.2) is 0 Å². The van der Waals surface area contributed by atoms with Crippen LogP contribution in [-0.4, -0.2) is 12.0 Å². The van der Waals surface area contributed by atoms with Crippen LogP contribution in [0.4, 0.5) is 0 Å². The van der Waals surface area contributed by atoms with Crippen molar-refractivity contribution in [1.82, 2.24) is 5.32 Å². The third-order valence-electron chi connectivity index (χ3n) is 4.66. The molecule has 4 heteroatoms. The van der Waals surface area contributed by atoms with E-state index in [1.54, 1.807) is 18.2 Å². The lowest BCUT2D eigenvalue weighted by Gasteiger charge is -2.25. The molecule has 0 bridgehead atoms. The van der Waals surface area contributed by atoms with Crippen molar-refractivity contribution in [2.45, 2.75) is 32.4 Å². The van der Waals surface area contributed by atoms with Crippen molar-refractivity contribution >= 4 is 17.5 Å². The van der Waals surface area contributed by atoms with E-state index in [9.17, 15) is 4.79 Å². The second-order valence-corrected chi connectivity index (χ2v) is 7.12. The van der Waals surface area contributed by atoms with Crippen molar-refractivity contribution < 1.29 is 9.53 Å². The van der Waals surface area contributed by atoms with E-state index in [1.807, 2.05) is 61.5 Å². The highest BCUT2D eigenvalue weighted by Gasteiger charge is 2.24. The Morgan fingerprint density at radius 1 is 1.00 bits per heavy atom. The highest BCUT2D eigenvalue weighted by atomic mass is 35.5. The first-order valence-electron chi connectivity index (χ1n) is 9.41. The predicted molar refractivity (Wildman–Crippen MR) is 114 cm³/mol. The molecule has 3 aromatic rings. The summed E-state index contributed by atoms with van der Waals surface area (Å²) in [7, 11) is 0. The quantitative estimate of drug-likeness (QED) is 0.558. The third kappa shape index (κ3) is 4.93. The van der Waals surface area contributed by atoms with E-state index < -0.39 is 6.10 Å². The molecule has 0 saturated heterocycles. The van der Waals surface area contributed by atoms with E-state index in [2.05, 4.69) is 18.3 Å². The number of carbonyl (C=O) groups is 1. The van der Waals surface area contributed by atoms with E-state index in [1.165, 1.54) is 0 Å². The van der Waals surface area contributed by atoms with Gasteiger partial charge in [-0.05, 0) is 48.2 Å². The van der Waals surface area contributed by atoms with Gasteiger partial charge in [0.05, 0.1) is 6.04 Å². The largest absolute Gasteiger partial charge is 0.481 e. The molecule has 0 unspecified atom stereocenters. The first-order chi connectivity index (χ1) is 13.6. The standard InChI is InChI=1S/C24H24ClNO2/c1-3-22(28-20-14-9-13-19(25)16-20)24(27)26-23(18-11-5-4-6-12-18)21-15-8-7-10-17(21)2/h4-16,22-23H,3H2,1-2H3,(H,26,27)/t22-,23-/m1/s1. The second-order valence-electron chi connectivity index (χ2n) is 6.68. The van der Waals surface area contributed by atoms with Gasteiger partial charge in [-0.3, -0.25) is 4.79 Å². The maximum atomic E-state index is 13.1. The van der Waals surface area contributed by atoms with Gasteiger partial charge in [0.1, 0.15) is 5.75 Å². The van der Waals surface area contributed by atoms with E-state index in [0.29, 0.717) is 17.2 Å². The Kier molecular flexibility index (Phi) is 6.72. The Balaban J connectivity index is 1.85. The van der Waals surface area contributed by atoms with Crippen LogP contribution in [0.1, 0.15) is 36.1 Å². The molecule has 0 saturated carbocycles. The molecule has 144 valence electrons. The smallest absolute Gasteiger partial charge is 0.261 e. The Hall–Kier alpha value is -2.78. The summed E-state index contributed by atoms with van der Waals surface area (Å²) in [6.07, 6.45) is -0.0538. The summed E-state index contributed by atoms with van der Waals surface area (Å²) in [6, 6.07) is 24.9. The topological polar surface area (TPSA) is 38.3 Å². The third-order valence-corrected chi connectivity index (χ3v) is 4.89. The number of amides is 1. The number of ether oxygens (including phenoxy) is 1. The Morgan fingerprint density at radius 2 is 1.71 bits per heavy atom. The minimum atomic E-state index is -0.603. The van der Waals surface area contributed by atoms with Crippen LogP contribution in [-0.2, 0) is 4.79 Å². The van der Waals surface area contributed by atoms with Crippen molar-refractivity contribution in [3.63, 3.8) is 0 Å². The van der Waals surface area contributed by atoms with Crippen LogP contribution < -0.4 is 10.1 Å². The van der Waals surface area contributed by atoms with Gasteiger partial charge in [-0.15, -0.1) is 0 Å². The molecular formula is C24H24ClNO2. The highest BCUT2D eigenvalue weighted by molar-refractivity contribution is 6.30. The molecule has 2 atom stereocenters. The summed E-state index contributed by atoms with van der Waals surface area (Å²) >= 11 is 6.03. The number of rotatable bonds is 7. The molecular weight excluding hydrogens is 370 g/mol. The molecule has 0 aliphatic rings. The van der Waals surface area contributed by atoms with Crippen molar-refractivity contribution in [3.05, 3.63) is 101 Å². The van der Waals surface area contributed by atoms with Crippen molar-refractivity contribution in [3.8, 4) is 5.75 Å². The van der Waals surface area contributed by atoms with E-state index in [-0.39, 0.29) is 11.9 Å². The number of hydrogen-bond donors (Lipinski definition) is 1. The summed E-state index contributed by atoms with van der Waals surface area (Å²) in [4.78, 5) is 13.1. The first kappa shape index (κ1) is 20.0. The van der Waals surface area contributed by atoms with Gasteiger partial charge < -0.3 is 10.1 Å². The van der Waals surface area contributed by atoms with Crippen LogP contribution in [0, 0.1) is 6.92 Å². The molecule has 1 N–H and O–H groups in total. The summed E-state index contributed by atoms with van der Waals surface area (Å²) in [6.45, 7) is 3.98. The number of aryl methyl sites for hydroxylation is 1. The predicted octanol–water partition coefficient (Wildman–Crippen LogP) is 5.71. The number of benzene rings is 3. The molecule has 3 aromatic carbocycles. The minimum Gasteiger partial charge on any atom is -0.481 e. The zero-order valence-corrected chi connectivity index (χ0v) is 16.8. The molecule has 0 aromatic heterocycles. The number of halogens is 1. The SMILES string of the molecule is CC[C@@H](Oc1cccc(Cl)c1)C(=O)N[C@H](c1ccccc1)c1ccccc1C. The molecule has 0 spiro atoms. The molecule has 0 aliphatic heterocycles. The van der Waals surface area contributed by atoms with E-state index >= 15 is 0 Å². The van der Waals surface area contributed by atoms with Crippen LogP contribution in [0.25, 0.3) is 0 Å². The van der Waals surface area contributed by atoms with Crippen LogP contribution in [0.15, 0.2) is 78.9 Å². The van der Waals surface area contributed by atoms with E-state index in [0.717, 1.165) is 16.7 Å². The average molecular weight is 394 g/mol. The zero-order chi connectivity index (χ0) is 19.9. The Labute approximate surface area is 171 Å². The van der Waals surface area contributed by atoms with Crippen molar-refractivity contribution in [2.24, 2.45) is 0 Å². The Morgan fingerprint density at radius 3 is 2.39 bits per heavy atom. The van der Waals surface area contributed by atoms with Gasteiger partial charge in [0.15, 0.2) is 6.10 Å². The number of carbonyl (C=O) groups excluding carboxylic acids is 1. The number of nitrogens with one attached hydrogen (secondary N) is 1. The average Bonchev–Trinajstić information content (AvgIpc) is 2.71. The Bertz CT molecular complexity index is 927. The van der Waals surface area contributed by atoms with Crippen molar-refractivity contribution in [2.75, 3.05) is 0 Å². The van der Waals surface area contributed by atoms with Crippen LogP contribution in [0.2, 0.25) is 5.02 Å². The highest BCUT2D eigenvalue weighted by Crippen LogP contribution is 2.26. The van der Waals surface area contributed by atoms with E-state index in [4.69, 9.17) is 16.3 Å². The summed E-state index contributed by atoms with van der Waals surface area (Å²) in [5, 5.41) is 3.76. The molecule has 0 radical (unpaired) electrons. The number of hydrogen-bond acceptors (Lipinski definition) is 2. The van der Waals surface area contributed by atoms with Gasteiger partial charge in [-0.1, -0.05) is 79.2 Å². The van der Waals surface area contributed by atoms with Crippen LogP contribution in [0.5, 0.6) is 5.75 Å². The lowest BCUT2D eigenvalue weighted by molar-refractivity contribution is -0.128. The summed E-state index contributed by atoms with van der Waals surface area (Å²) < 4.78 is 5.91. The fourth-order valence-electron chi connectivity index (χ4n) is 3.16. The lowest BCUT2D eigenvalue weighted by atomic mass is 9.94. The molecule has 0 fully saturated rings. The molecule has 1 amide bonds. The van der Waals surface area contributed by atoms with Crippen LogP contribution in [0.3, 0.4) is 0 Å². The molecule has 0 aliphatic carbocycles. The lowest BCUT2D eigenvalue weighted by Crippen LogP contribution is -2.40. The second kappa shape index (κ2) is 9.43.